The fourth-order valence-electron chi connectivity index (χ4n) is 1.74. The largest absolute Gasteiger partial charge is 0.417 e. The van der Waals surface area contributed by atoms with Gasteiger partial charge in [-0.1, -0.05) is 12.1 Å². The molecular formula is C13H10F4S. The van der Waals surface area contributed by atoms with E-state index in [2.05, 4.69) is 0 Å². The van der Waals surface area contributed by atoms with Gasteiger partial charge in [0, 0.05) is 5.38 Å². The van der Waals surface area contributed by atoms with E-state index in [0.29, 0.717) is 12.0 Å². The number of halogens is 4. The quantitative estimate of drug-likeness (QED) is 0.712. The van der Waals surface area contributed by atoms with Crippen molar-refractivity contribution in [3.05, 3.63) is 57.5 Å². The van der Waals surface area contributed by atoms with Crippen LogP contribution in [0.3, 0.4) is 0 Å². The number of benzene rings is 1. The number of aryl methyl sites for hydroxylation is 2. The van der Waals surface area contributed by atoms with Crippen LogP contribution in [0.2, 0.25) is 0 Å². The summed E-state index contributed by atoms with van der Waals surface area (Å²) >= 11 is 1.04. The Labute approximate surface area is 106 Å². The van der Waals surface area contributed by atoms with Gasteiger partial charge in [0.2, 0.25) is 0 Å². The Balaban J connectivity index is 2.09. The maximum atomic E-state index is 12.9. The fraction of sp³-hybridized carbons (Fsp3) is 0.231. The molecule has 5 heteroatoms. The zero-order chi connectivity index (χ0) is 13.2. The van der Waals surface area contributed by atoms with Crippen molar-refractivity contribution in [2.45, 2.75) is 19.0 Å². The summed E-state index contributed by atoms with van der Waals surface area (Å²) < 4.78 is 50.8. The Bertz CT molecular complexity index is 528. The zero-order valence-corrected chi connectivity index (χ0v) is 10.1. The second-order valence-corrected chi connectivity index (χ2v) is 4.68. The Morgan fingerprint density at radius 2 is 1.83 bits per heavy atom. The maximum absolute atomic E-state index is 12.9. The number of hydrogen-bond donors (Lipinski definition) is 0. The minimum absolute atomic E-state index is 0.266. The predicted molar refractivity (Wildman–Crippen MR) is 63.1 cm³/mol. The molecule has 96 valence electrons. The standard InChI is InChI=1S/C13H10F4S/c14-11-3-1-2-9(6-11)4-5-10-7-18-8-12(10)13(15,16)17/h1-3,6-8H,4-5H2. The minimum atomic E-state index is -4.31. The smallest absolute Gasteiger partial charge is 0.207 e. The second-order valence-electron chi connectivity index (χ2n) is 3.94. The molecule has 0 saturated carbocycles. The molecule has 18 heavy (non-hydrogen) atoms. The molecule has 0 aliphatic rings. The average Bonchev–Trinajstić information content (AvgIpc) is 2.74. The molecule has 0 saturated heterocycles. The van der Waals surface area contributed by atoms with E-state index in [1.807, 2.05) is 0 Å². The molecule has 1 heterocycles. The highest BCUT2D eigenvalue weighted by Crippen LogP contribution is 2.34. The van der Waals surface area contributed by atoms with Crippen molar-refractivity contribution in [3.8, 4) is 0 Å². The number of rotatable bonds is 3. The predicted octanol–water partition coefficient (Wildman–Crippen LogP) is 4.69. The third-order valence-electron chi connectivity index (χ3n) is 2.62. The molecule has 0 aliphatic carbocycles. The molecule has 0 aliphatic heterocycles. The third kappa shape index (κ3) is 3.10. The SMILES string of the molecule is Fc1cccc(CCc2cscc2C(F)(F)F)c1. The number of thiophene rings is 1. The van der Waals surface area contributed by atoms with Crippen molar-refractivity contribution in [2.75, 3.05) is 0 Å². The van der Waals surface area contributed by atoms with Gasteiger partial charge in [0.15, 0.2) is 0 Å². The first-order chi connectivity index (χ1) is 8.47. The normalized spacial score (nSPS) is 11.8. The van der Waals surface area contributed by atoms with Crippen molar-refractivity contribution < 1.29 is 17.6 Å². The van der Waals surface area contributed by atoms with Gasteiger partial charge >= 0.3 is 6.18 Å². The minimum Gasteiger partial charge on any atom is -0.207 e. The molecule has 1 aromatic carbocycles. The molecule has 0 radical (unpaired) electrons. The summed E-state index contributed by atoms with van der Waals surface area (Å²) in [6.45, 7) is 0. The van der Waals surface area contributed by atoms with Gasteiger partial charge < -0.3 is 0 Å². The van der Waals surface area contributed by atoms with Crippen molar-refractivity contribution in [2.24, 2.45) is 0 Å². The highest BCUT2D eigenvalue weighted by Gasteiger charge is 2.33. The van der Waals surface area contributed by atoms with Crippen LogP contribution in [-0.2, 0) is 19.0 Å². The lowest BCUT2D eigenvalue weighted by molar-refractivity contribution is -0.137. The molecule has 0 N–H and O–H groups in total. The highest BCUT2D eigenvalue weighted by atomic mass is 32.1. The maximum Gasteiger partial charge on any atom is 0.417 e. The molecule has 0 atom stereocenters. The lowest BCUT2D eigenvalue weighted by Crippen LogP contribution is -2.07. The van der Waals surface area contributed by atoms with Crippen LogP contribution in [-0.4, -0.2) is 0 Å². The molecule has 0 fully saturated rings. The van der Waals surface area contributed by atoms with Gasteiger partial charge in [-0.3, -0.25) is 0 Å². The first-order valence-corrected chi connectivity index (χ1v) is 6.28. The van der Waals surface area contributed by atoms with Crippen molar-refractivity contribution in [1.29, 1.82) is 0 Å². The summed E-state index contributed by atoms with van der Waals surface area (Å²) in [5, 5.41) is 2.61. The number of alkyl halides is 3. The Kier molecular flexibility index (Phi) is 3.71. The summed E-state index contributed by atoms with van der Waals surface area (Å²) in [7, 11) is 0. The molecule has 2 rings (SSSR count). The van der Waals surface area contributed by atoms with Crippen LogP contribution in [0.4, 0.5) is 17.6 Å². The Morgan fingerprint density at radius 1 is 1.06 bits per heavy atom. The van der Waals surface area contributed by atoms with E-state index < -0.39 is 11.7 Å². The van der Waals surface area contributed by atoms with Gasteiger partial charge in [0.05, 0.1) is 5.56 Å². The topological polar surface area (TPSA) is 0 Å². The number of hydrogen-bond acceptors (Lipinski definition) is 1. The van der Waals surface area contributed by atoms with Gasteiger partial charge in [-0.25, -0.2) is 4.39 Å². The molecule has 1 aromatic heterocycles. The Hall–Kier alpha value is -1.36. The van der Waals surface area contributed by atoms with Crippen molar-refractivity contribution in [3.63, 3.8) is 0 Å². The zero-order valence-electron chi connectivity index (χ0n) is 9.30. The van der Waals surface area contributed by atoms with E-state index in [1.165, 1.54) is 17.5 Å². The second kappa shape index (κ2) is 5.10. The van der Waals surface area contributed by atoms with Gasteiger partial charge in [-0.15, -0.1) is 0 Å². The molecule has 0 bridgehead atoms. The summed E-state index contributed by atoms with van der Waals surface area (Å²) in [5.74, 6) is -0.367. The molecular weight excluding hydrogens is 264 g/mol. The molecule has 0 spiro atoms. The van der Waals surface area contributed by atoms with Gasteiger partial charge in [-0.2, -0.15) is 24.5 Å². The fourth-order valence-corrected chi connectivity index (χ4v) is 2.64. The van der Waals surface area contributed by atoms with E-state index in [0.717, 1.165) is 16.7 Å². The van der Waals surface area contributed by atoms with Crippen LogP contribution in [0.25, 0.3) is 0 Å². The van der Waals surface area contributed by atoms with Gasteiger partial charge in [0.1, 0.15) is 5.82 Å². The molecule has 0 nitrogen and oxygen atoms in total. The van der Waals surface area contributed by atoms with Crippen molar-refractivity contribution >= 4 is 11.3 Å². The average molecular weight is 274 g/mol. The third-order valence-corrected chi connectivity index (χ3v) is 3.41. The van der Waals surface area contributed by atoms with Gasteiger partial charge in [0.25, 0.3) is 0 Å². The summed E-state index contributed by atoms with van der Waals surface area (Å²) in [6.07, 6.45) is -3.64. The molecule has 0 amide bonds. The van der Waals surface area contributed by atoms with E-state index in [1.54, 1.807) is 12.1 Å². The summed E-state index contributed by atoms with van der Waals surface area (Å²) in [5.41, 5.74) is 0.398. The molecule has 0 unspecified atom stereocenters. The molecule has 2 aromatic rings. The first-order valence-electron chi connectivity index (χ1n) is 5.33. The van der Waals surface area contributed by atoms with Crippen LogP contribution >= 0.6 is 11.3 Å². The summed E-state index contributed by atoms with van der Waals surface area (Å²) in [4.78, 5) is 0. The lowest BCUT2D eigenvalue weighted by Gasteiger charge is -2.08. The van der Waals surface area contributed by atoms with E-state index in [-0.39, 0.29) is 17.8 Å². The van der Waals surface area contributed by atoms with Gasteiger partial charge in [-0.05, 0) is 41.5 Å². The van der Waals surface area contributed by atoms with Crippen molar-refractivity contribution in [1.82, 2.24) is 0 Å². The van der Waals surface area contributed by atoms with Crippen LogP contribution < -0.4 is 0 Å². The lowest BCUT2D eigenvalue weighted by atomic mass is 10.0. The van der Waals surface area contributed by atoms with Crippen LogP contribution in [0.15, 0.2) is 35.0 Å². The monoisotopic (exact) mass is 274 g/mol. The highest BCUT2D eigenvalue weighted by molar-refractivity contribution is 7.08. The van der Waals surface area contributed by atoms with E-state index in [9.17, 15) is 17.6 Å². The Morgan fingerprint density at radius 3 is 2.50 bits per heavy atom. The van der Waals surface area contributed by atoms with E-state index in [4.69, 9.17) is 0 Å². The van der Waals surface area contributed by atoms with Crippen LogP contribution in [0.5, 0.6) is 0 Å². The first kappa shape index (κ1) is 13.1. The van der Waals surface area contributed by atoms with Crippen LogP contribution in [0, 0.1) is 5.82 Å². The summed E-state index contributed by atoms with van der Waals surface area (Å²) in [6, 6.07) is 5.93. The van der Waals surface area contributed by atoms with E-state index >= 15 is 0 Å². The van der Waals surface area contributed by atoms with Crippen LogP contribution in [0.1, 0.15) is 16.7 Å².